The fourth-order valence-electron chi connectivity index (χ4n) is 3.35. The Kier molecular flexibility index (Phi) is 6.87. The van der Waals surface area contributed by atoms with E-state index in [2.05, 4.69) is 38.5 Å². The smallest absolute Gasteiger partial charge is 0.341 e. The molecule has 1 heterocycles. The first-order valence-electron chi connectivity index (χ1n) is 9.39. The maximum atomic E-state index is 13.1. The highest BCUT2D eigenvalue weighted by molar-refractivity contribution is 14.1. The van der Waals surface area contributed by atoms with Gasteiger partial charge in [0.25, 0.3) is 11.1 Å². The van der Waals surface area contributed by atoms with Crippen molar-refractivity contribution in [2.24, 2.45) is 0 Å². The van der Waals surface area contributed by atoms with Crippen molar-refractivity contribution in [3.63, 3.8) is 0 Å². The van der Waals surface area contributed by atoms with Crippen LogP contribution >= 0.6 is 50.3 Å². The van der Waals surface area contributed by atoms with Crippen LogP contribution in [0.25, 0.3) is 16.8 Å². The fraction of sp³-hybridized carbons (Fsp3) is 0.0870. The Morgan fingerprint density at radius 3 is 2.69 bits per heavy atom. The lowest BCUT2D eigenvalue weighted by molar-refractivity contribution is -0.139. The second-order valence-electron chi connectivity index (χ2n) is 6.89. The predicted octanol–water partition coefficient (Wildman–Crippen LogP) is 5.91. The fourth-order valence-corrected chi connectivity index (χ4v) is 5.85. The molecule has 0 unspecified atom stereocenters. The molecule has 0 saturated carbocycles. The van der Waals surface area contributed by atoms with Crippen LogP contribution in [0.15, 0.2) is 64.0 Å². The van der Waals surface area contributed by atoms with Crippen LogP contribution in [0.4, 0.5) is 4.79 Å². The van der Waals surface area contributed by atoms with Crippen molar-refractivity contribution < 1.29 is 24.2 Å². The van der Waals surface area contributed by atoms with E-state index in [0.717, 1.165) is 31.7 Å². The predicted molar refractivity (Wildman–Crippen MR) is 135 cm³/mol. The van der Waals surface area contributed by atoms with Gasteiger partial charge in [0.2, 0.25) is 0 Å². The van der Waals surface area contributed by atoms with E-state index in [-0.39, 0.29) is 16.7 Å². The highest BCUT2D eigenvalue weighted by Crippen LogP contribution is 2.38. The molecule has 0 aliphatic carbocycles. The number of amides is 2. The molecule has 0 atom stereocenters. The highest BCUT2D eigenvalue weighted by atomic mass is 127. The highest BCUT2D eigenvalue weighted by Gasteiger charge is 2.35. The number of carbonyl (C=O) groups is 3. The molecule has 6 nitrogen and oxygen atoms in total. The molecule has 1 aliphatic rings. The Bertz CT molecular complexity index is 1290. The molecule has 0 aromatic heterocycles. The normalized spacial score (nSPS) is 15.1. The molecule has 9 heteroatoms. The minimum atomic E-state index is -1.11. The minimum Gasteiger partial charge on any atom is -0.480 e. The Morgan fingerprint density at radius 2 is 1.91 bits per heavy atom. The van der Waals surface area contributed by atoms with E-state index in [1.807, 2.05) is 42.5 Å². The van der Waals surface area contributed by atoms with Gasteiger partial charge in [0.15, 0.2) is 6.61 Å². The van der Waals surface area contributed by atoms with Crippen molar-refractivity contribution in [1.82, 2.24) is 4.90 Å². The average molecular weight is 624 g/mol. The summed E-state index contributed by atoms with van der Waals surface area (Å²) in [5, 5.41) is 10.6. The molecule has 1 fully saturated rings. The van der Waals surface area contributed by atoms with E-state index in [1.165, 1.54) is 4.90 Å². The molecule has 1 saturated heterocycles. The molecule has 2 amide bonds. The first kappa shape index (κ1) is 22.8. The average Bonchev–Trinajstić information content (AvgIpc) is 3.00. The van der Waals surface area contributed by atoms with Crippen LogP contribution in [0.2, 0.25) is 0 Å². The van der Waals surface area contributed by atoms with Crippen molar-refractivity contribution in [2.75, 3.05) is 6.61 Å². The number of imide groups is 1. The Morgan fingerprint density at radius 1 is 1.16 bits per heavy atom. The number of rotatable bonds is 6. The van der Waals surface area contributed by atoms with Gasteiger partial charge in [-0.2, -0.15) is 0 Å². The quantitative estimate of drug-likeness (QED) is 0.272. The van der Waals surface area contributed by atoms with Crippen molar-refractivity contribution in [1.29, 1.82) is 0 Å². The van der Waals surface area contributed by atoms with Crippen LogP contribution in [0.3, 0.4) is 0 Å². The number of carbonyl (C=O) groups excluding carboxylic acids is 2. The third-order valence-corrected chi connectivity index (χ3v) is 6.86. The van der Waals surface area contributed by atoms with Crippen molar-refractivity contribution >= 4 is 84.2 Å². The van der Waals surface area contributed by atoms with Gasteiger partial charge < -0.3 is 9.84 Å². The molecular formula is C23H15BrINO5S. The van der Waals surface area contributed by atoms with E-state index in [9.17, 15) is 14.4 Å². The van der Waals surface area contributed by atoms with Crippen LogP contribution in [0, 0.1) is 3.57 Å². The van der Waals surface area contributed by atoms with Crippen molar-refractivity contribution in [2.45, 2.75) is 6.54 Å². The number of fused-ring (bicyclic) bond motifs is 1. The van der Waals surface area contributed by atoms with Gasteiger partial charge in [-0.3, -0.25) is 14.5 Å². The Hall–Kier alpha value is -2.37. The molecule has 3 aromatic rings. The zero-order chi connectivity index (χ0) is 22.8. The summed E-state index contributed by atoms with van der Waals surface area (Å²) in [6.07, 6.45) is 1.57. The van der Waals surface area contributed by atoms with E-state index >= 15 is 0 Å². The number of benzene rings is 3. The van der Waals surface area contributed by atoms with Crippen molar-refractivity contribution in [3.8, 4) is 5.75 Å². The molecule has 1 aliphatic heterocycles. The maximum absolute atomic E-state index is 13.1. The van der Waals surface area contributed by atoms with Crippen LogP contribution in [-0.2, 0) is 16.1 Å². The van der Waals surface area contributed by atoms with E-state index < -0.39 is 18.5 Å². The van der Waals surface area contributed by atoms with Gasteiger partial charge in [-0.25, -0.2) is 4.79 Å². The molecule has 3 aromatic carbocycles. The number of carboxylic acids is 1. The molecule has 0 radical (unpaired) electrons. The number of hydrogen-bond acceptors (Lipinski definition) is 5. The Labute approximate surface area is 209 Å². The van der Waals surface area contributed by atoms with Crippen molar-refractivity contribution in [3.05, 3.63) is 78.7 Å². The van der Waals surface area contributed by atoms with Crippen LogP contribution in [0.5, 0.6) is 5.75 Å². The molecule has 0 spiro atoms. The summed E-state index contributed by atoms with van der Waals surface area (Å²) in [5.41, 5.74) is 1.40. The summed E-state index contributed by atoms with van der Waals surface area (Å²) in [6, 6.07) is 17.2. The third-order valence-electron chi connectivity index (χ3n) is 4.75. The van der Waals surface area contributed by atoms with Gasteiger partial charge in [0.1, 0.15) is 5.75 Å². The van der Waals surface area contributed by atoms with E-state index in [1.54, 1.807) is 18.2 Å². The van der Waals surface area contributed by atoms with E-state index in [0.29, 0.717) is 15.8 Å². The number of ether oxygens (including phenoxy) is 1. The van der Waals surface area contributed by atoms with Gasteiger partial charge in [0.05, 0.1) is 15.9 Å². The topological polar surface area (TPSA) is 83.9 Å². The lowest BCUT2D eigenvalue weighted by Crippen LogP contribution is -2.27. The molecule has 162 valence electrons. The zero-order valence-corrected chi connectivity index (χ0v) is 20.9. The molecule has 1 N–H and O–H groups in total. The summed E-state index contributed by atoms with van der Waals surface area (Å²) in [5.74, 6) is -1.21. The van der Waals surface area contributed by atoms with Crippen LogP contribution < -0.4 is 4.74 Å². The summed E-state index contributed by atoms with van der Waals surface area (Å²) < 4.78 is 6.84. The maximum Gasteiger partial charge on any atom is 0.341 e. The summed E-state index contributed by atoms with van der Waals surface area (Å²) in [4.78, 5) is 38.2. The number of aliphatic carboxylic acids is 1. The van der Waals surface area contributed by atoms with Gasteiger partial charge in [0, 0.05) is 9.13 Å². The number of carboxylic acid groups (broad SMARTS) is 1. The number of nitrogens with zero attached hydrogens (tertiary/aromatic N) is 1. The van der Waals surface area contributed by atoms with Gasteiger partial charge in [-0.15, -0.1) is 0 Å². The summed E-state index contributed by atoms with van der Waals surface area (Å²) in [7, 11) is 0. The van der Waals surface area contributed by atoms with Gasteiger partial charge in [-0.1, -0.05) is 42.5 Å². The first-order valence-corrected chi connectivity index (χ1v) is 12.1. The minimum absolute atomic E-state index is 0.168. The van der Waals surface area contributed by atoms with Gasteiger partial charge in [-0.05, 0) is 84.8 Å². The number of hydrogen-bond donors (Lipinski definition) is 1. The SMILES string of the molecule is O=C(O)COc1c(Br)cc(I)cc1/C=C1/SC(=O)N(Cc2cccc3ccccc23)C1=O. The molecule has 4 rings (SSSR count). The number of thioether (sulfide) groups is 1. The lowest BCUT2D eigenvalue weighted by Gasteiger charge is -2.14. The monoisotopic (exact) mass is 623 g/mol. The molecule has 32 heavy (non-hydrogen) atoms. The summed E-state index contributed by atoms with van der Waals surface area (Å²) >= 11 is 6.35. The molecular weight excluding hydrogens is 609 g/mol. The summed E-state index contributed by atoms with van der Waals surface area (Å²) in [6.45, 7) is -0.357. The van der Waals surface area contributed by atoms with E-state index in [4.69, 9.17) is 9.84 Å². The molecule has 0 bridgehead atoms. The van der Waals surface area contributed by atoms with Crippen LogP contribution in [-0.4, -0.2) is 33.7 Å². The zero-order valence-electron chi connectivity index (χ0n) is 16.4. The second-order valence-corrected chi connectivity index (χ2v) is 9.99. The first-order chi connectivity index (χ1) is 15.3. The van der Waals surface area contributed by atoms with Gasteiger partial charge >= 0.3 is 5.97 Å². The number of halogens is 2. The second kappa shape index (κ2) is 9.63. The lowest BCUT2D eigenvalue weighted by atomic mass is 10.0. The van der Waals surface area contributed by atoms with Crippen LogP contribution in [0.1, 0.15) is 11.1 Å². The largest absolute Gasteiger partial charge is 0.480 e. The third kappa shape index (κ3) is 4.84. The Balaban J connectivity index is 1.65. The standard InChI is InChI=1S/C23H15BrINO5S/c24-18-10-16(25)8-15(21(18)31-12-20(27)28)9-19-22(29)26(23(30)32-19)11-14-6-3-5-13-4-1-2-7-17(13)14/h1-10H,11-12H2,(H,27,28)/b19-9+.